The van der Waals surface area contributed by atoms with Crippen molar-refractivity contribution in [2.24, 2.45) is 0 Å². The molecule has 0 saturated carbocycles. The van der Waals surface area contributed by atoms with Gasteiger partial charge < -0.3 is 9.15 Å². The molecule has 0 unspecified atom stereocenters. The fourth-order valence-corrected chi connectivity index (χ4v) is 3.86. The largest absolute Gasteiger partial charge is 0.497 e. The van der Waals surface area contributed by atoms with E-state index >= 15 is 0 Å². The van der Waals surface area contributed by atoms with E-state index in [0.717, 1.165) is 16.9 Å². The van der Waals surface area contributed by atoms with Crippen molar-refractivity contribution < 1.29 is 17.6 Å². The third-order valence-corrected chi connectivity index (χ3v) is 5.87. The zero-order chi connectivity index (χ0) is 21.1. The number of aromatic nitrogens is 2. The number of hydrogen-bond acceptors (Lipinski definition) is 6. The van der Waals surface area contributed by atoms with Gasteiger partial charge in [0, 0.05) is 16.8 Å². The summed E-state index contributed by atoms with van der Waals surface area (Å²) in [5.74, 6) is 1.47. The number of anilines is 1. The van der Waals surface area contributed by atoms with Crippen LogP contribution in [0.15, 0.2) is 82.1 Å². The Morgan fingerprint density at radius 1 is 0.800 bits per heavy atom. The maximum Gasteiger partial charge on any atom is 0.261 e. The summed E-state index contributed by atoms with van der Waals surface area (Å²) in [6.07, 6.45) is 0. The van der Waals surface area contributed by atoms with Gasteiger partial charge in [0.2, 0.25) is 11.8 Å². The number of benzene rings is 3. The van der Waals surface area contributed by atoms with Crippen LogP contribution in [0.3, 0.4) is 0 Å². The normalized spacial score (nSPS) is 11.3. The lowest BCUT2D eigenvalue weighted by Gasteiger charge is -2.08. The van der Waals surface area contributed by atoms with Gasteiger partial charge in [0.05, 0.1) is 12.0 Å². The van der Waals surface area contributed by atoms with Crippen LogP contribution < -0.4 is 9.46 Å². The summed E-state index contributed by atoms with van der Waals surface area (Å²) in [6, 6.07) is 20.7. The topological polar surface area (TPSA) is 94.3 Å². The van der Waals surface area contributed by atoms with Gasteiger partial charge in [0.15, 0.2) is 0 Å². The van der Waals surface area contributed by atoms with Crippen LogP contribution in [0.1, 0.15) is 5.56 Å². The average Bonchev–Trinajstić information content (AvgIpc) is 3.25. The van der Waals surface area contributed by atoms with E-state index in [1.807, 2.05) is 31.2 Å². The van der Waals surface area contributed by atoms with Gasteiger partial charge in [-0.1, -0.05) is 17.7 Å². The number of methoxy groups -OCH3 is 1. The van der Waals surface area contributed by atoms with Gasteiger partial charge in [-0.15, -0.1) is 10.2 Å². The second kappa shape index (κ2) is 8.00. The van der Waals surface area contributed by atoms with Gasteiger partial charge >= 0.3 is 0 Å². The molecule has 4 aromatic rings. The first-order valence-corrected chi connectivity index (χ1v) is 10.6. The summed E-state index contributed by atoms with van der Waals surface area (Å²) in [5, 5.41) is 8.16. The summed E-state index contributed by atoms with van der Waals surface area (Å²) < 4.78 is 38.5. The Morgan fingerprint density at radius 3 is 1.87 bits per heavy atom. The molecule has 8 heteroatoms. The first-order chi connectivity index (χ1) is 14.4. The van der Waals surface area contributed by atoms with E-state index in [2.05, 4.69) is 14.9 Å². The smallest absolute Gasteiger partial charge is 0.261 e. The number of ether oxygens (including phenoxy) is 1. The van der Waals surface area contributed by atoms with Crippen LogP contribution in [0.4, 0.5) is 5.69 Å². The highest BCUT2D eigenvalue weighted by molar-refractivity contribution is 7.92. The molecule has 0 bridgehead atoms. The molecule has 30 heavy (non-hydrogen) atoms. The van der Waals surface area contributed by atoms with Crippen molar-refractivity contribution in [3.8, 4) is 28.7 Å². The van der Waals surface area contributed by atoms with Crippen LogP contribution >= 0.6 is 0 Å². The fourth-order valence-electron chi connectivity index (χ4n) is 2.80. The van der Waals surface area contributed by atoms with Crippen molar-refractivity contribution in [2.75, 3.05) is 11.8 Å². The average molecular weight is 421 g/mol. The number of nitrogens with zero attached hydrogens (tertiary/aromatic N) is 2. The van der Waals surface area contributed by atoms with Crippen molar-refractivity contribution in [1.29, 1.82) is 0 Å². The van der Waals surface area contributed by atoms with Crippen LogP contribution in [0.2, 0.25) is 0 Å². The quantitative estimate of drug-likeness (QED) is 0.492. The van der Waals surface area contributed by atoms with Gasteiger partial charge in [0.1, 0.15) is 5.75 Å². The van der Waals surface area contributed by atoms with Crippen molar-refractivity contribution in [2.45, 2.75) is 11.8 Å². The highest BCUT2D eigenvalue weighted by Gasteiger charge is 2.15. The highest BCUT2D eigenvalue weighted by atomic mass is 32.2. The molecule has 0 saturated heterocycles. The molecule has 0 radical (unpaired) electrons. The highest BCUT2D eigenvalue weighted by Crippen LogP contribution is 2.26. The van der Waals surface area contributed by atoms with Gasteiger partial charge in [-0.3, -0.25) is 4.72 Å². The standard InChI is InChI=1S/C22H19N3O4S/c1-15-3-13-20(14-4-15)30(26,27)25-18-9-5-16(6-10-18)21-23-24-22(29-21)17-7-11-19(28-2)12-8-17/h3-14,25H,1-2H3. The number of rotatable bonds is 6. The van der Waals surface area contributed by atoms with E-state index in [1.54, 1.807) is 55.6 Å². The molecular weight excluding hydrogens is 402 g/mol. The van der Waals surface area contributed by atoms with Crippen LogP contribution in [0.25, 0.3) is 22.9 Å². The minimum atomic E-state index is -3.66. The molecule has 4 rings (SSSR count). The Balaban J connectivity index is 1.51. The van der Waals surface area contributed by atoms with Gasteiger partial charge in [-0.25, -0.2) is 8.42 Å². The molecule has 152 valence electrons. The first kappa shape index (κ1) is 19.7. The van der Waals surface area contributed by atoms with Gasteiger partial charge in [-0.05, 0) is 67.6 Å². The number of aryl methyl sites for hydroxylation is 1. The van der Waals surface area contributed by atoms with Crippen molar-refractivity contribution in [3.05, 3.63) is 78.4 Å². The molecular formula is C22H19N3O4S. The van der Waals surface area contributed by atoms with Gasteiger partial charge in [-0.2, -0.15) is 0 Å². The summed E-state index contributed by atoms with van der Waals surface area (Å²) in [5.41, 5.74) is 2.89. The summed E-state index contributed by atoms with van der Waals surface area (Å²) in [4.78, 5) is 0.207. The molecule has 0 aliphatic heterocycles. The maximum absolute atomic E-state index is 12.5. The first-order valence-electron chi connectivity index (χ1n) is 9.12. The molecule has 0 amide bonds. The van der Waals surface area contributed by atoms with E-state index < -0.39 is 10.0 Å². The molecule has 3 aromatic carbocycles. The van der Waals surface area contributed by atoms with E-state index in [9.17, 15) is 8.42 Å². The Bertz CT molecular complexity index is 1250. The summed E-state index contributed by atoms with van der Waals surface area (Å²) in [6.45, 7) is 1.90. The number of nitrogens with one attached hydrogen (secondary N) is 1. The zero-order valence-electron chi connectivity index (χ0n) is 16.4. The van der Waals surface area contributed by atoms with Gasteiger partial charge in [0.25, 0.3) is 10.0 Å². The molecule has 1 N–H and O–H groups in total. The molecule has 1 aromatic heterocycles. The van der Waals surface area contributed by atoms with Crippen molar-refractivity contribution in [3.63, 3.8) is 0 Å². The van der Waals surface area contributed by atoms with Crippen molar-refractivity contribution >= 4 is 15.7 Å². The Kier molecular flexibility index (Phi) is 5.24. The van der Waals surface area contributed by atoms with E-state index in [-0.39, 0.29) is 4.90 Å². The molecule has 0 aliphatic carbocycles. The predicted octanol–water partition coefficient (Wildman–Crippen LogP) is 4.52. The Labute approximate surface area is 174 Å². The third-order valence-electron chi connectivity index (χ3n) is 4.48. The lowest BCUT2D eigenvalue weighted by Crippen LogP contribution is -2.12. The molecule has 0 atom stereocenters. The molecule has 0 aliphatic rings. The maximum atomic E-state index is 12.5. The minimum absolute atomic E-state index is 0.207. The second-order valence-electron chi connectivity index (χ2n) is 6.64. The van der Waals surface area contributed by atoms with Crippen LogP contribution in [0, 0.1) is 6.92 Å². The zero-order valence-corrected chi connectivity index (χ0v) is 17.2. The number of hydrogen-bond donors (Lipinski definition) is 1. The third kappa shape index (κ3) is 4.18. The lowest BCUT2D eigenvalue weighted by atomic mass is 10.2. The SMILES string of the molecule is COc1ccc(-c2nnc(-c3ccc(NS(=O)(=O)c4ccc(C)cc4)cc3)o2)cc1. The predicted molar refractivity (Wildman–Crippen MR) is 114 cm³/mol. The molecule has 1 heterocycles. The summed E-state index contributed by atoms with van der Waals surface area (Å²) >= 11 is 0. The minimum Gasteiger partial charge on any atom is -0.497 e. The molecule has 0 spiro atoms. The van der Waals surface area contributed by atoms with Crippen LogP contribution in [-0.4, -0.2) is 25.7 Å². The van der Waals surface area contributed by atoms with E-state index in [1.165, 1.54) is 0 Å². The van der Waals surface area contributed by atoms with Crippen LogP contribution in [-0.2, 0) is 10.0 Å². The Morgan fingerprint density at radius 2 is 1.33 bits per heavy atom. The van der Waals surface area contributed by atoms with E-state index in [0.29, 0.717) is 23.0 Å². The Hall–Kier alpha value is -3.65. The molecule has 7 nitrogen and oxygen atoms in total. The summed E-state index contributed by atoms with van der Waals surface area (Å²) in [7, 11) is -2.06. The molecule has 0 fully saturated rings. The van der Waals surface area contributed by atoms with Crippen molar-refractivity contribution in [1.82, 2.24) is 10.2 Å². The van der Waals surface area contributed by atoms with Crippen LogP contribution in [0.5, 0.6) is 5.75 Å². The van der Waals surface area contributed by atoms with E-state index in [4.69, 9.17) is 9.15 Å². The fraction of sp³-hybridized carbons (Fsp3) is 0.0909. The monoisotopic (exact) mass is 421 g/mol. The number of sulfonamides is 1. The lowest BCUT2D eigenvalue weighted by molar-refractivity contribution is 0.415. The second-order valence-corrected chi connectivity index (χ2v) is 8.32.